The monoisotopic (exact) mass is 347 g/mol. The molecule has 0 fully saturated rings. The number of benzene rings is 2. The number of hydrogen-bond donors (Lipinski definition) is 0. The Morgan fingerprint density at radius 2 is 1.59 bits per heavy atom. The fourth-order valence-electron chi connectivity index (χ4n) is 3.69. The molecule has 2 aromatic carbocycles. The zero-order valence-electron chi connectivity index (χ0n) is 14.2. The summed E-state index contributed by atoms with van der Waals surface area (Å²) in [7, 11) is 0. The molecule has 27 heavy (non-hydrogen) atoms. The summed E-state index contributed by atoms with van der Waals surface area (Å²) in [5, 5.41) is 11.2. The summed E-state index contributed by atoms with van der Waals surface area (Å²) in [6.07, 6.45) is 1.80. The van der Waals surface area contributed by atoms with Crippen molar-refractivity contribution in [3.05, 3.63) is 79.0 Å². The van der Waals surface area contributed by atoms with Crippen LogP contribution in [0.15, 0.2) is 79.0 Å². The molecule has 126 valence electrons. The van der Waals surface area contributed by atoms with E-state index in [1.165, 1.54) is 0 Å². The molecule has 0 saturated carbocycles. The maximum Gasteiger partial charge on any atom is 0.170 e. The van der Waals surface area contributed by atoms with Crippen LogP contribution in [-0.4, -0.2) is 24.6 Å². The van der Waals surface area contributed by atoms with Crippen LogP contribution in [0.3, 0.4) is 0 Å². The molecule has 4 aromatic rings. The number of fused-ring (bicyclic) bond motifs is 7. The minimum absolute atomic E-state index is 0.753. The second kappa shape index (κ2) is 5.32. The third-order valence-corrected chi connectivity index (χ3v) is 4.92. The molecule has 0 atom stereocenters. The van der Waals surface area contributed by atoms with Gasteiger partial charge in [0.05, 0.1) is 5.52 Å². The van der Waals surface area contributed by atoms with Gasteiger partial charge in [-0.15, -0.1) is 10.2 Å². The molecule has 2 aliphatic heterocycles. The third-order valence-electron chi connectivity index (χ3n) is 4.92. The van der Waals surface area contributed by atoms with Gasteiger partial charge in [-0.2, -0.15) is 0 Å². The Bertz CT molecular complexity index is 1420. The molecule has 4 heterocycles. The number of pyridine rings is 2. The fraction of sp³-hybridized carbons (Fsp3) is 0. The number of aromatic nitrogens is 5. The van der Waals surface area contributed by atoms with Crippen LogP contribution < -0.4 is 0 Å². The smallest absolute Gasteiger partial charge is 0.170 e. The standard InChI is InChI=1S/C22H13N5/c1-2-7-14(8-3-1)17-13-15-9-6-12-23-20(15)27-21(17)26-25-19-16-10-4-5-11-18(16)24-22(19)27/h1-13H. The number of para-hydroxylation sites is 1. The summed E-state index contributed by atoms with van der Waals surface area (Å²) in [6, 6.07) is 24.4. The Morgan fingerprint density at radius 1 is 0.741 bits per heavy atom. The Labute approximate surface area is 154 Å². The minimum Gasteiger partial charge on any atom is -0.258 e. The minimum atomic E-state index is 0.753. The van der Waals surface area contributed by atoms with E-state index < -0.39 is 0 Å². The summed E-state index contributed by atoms with van der Waals surface area (Å²) in [4.78, 5) is 9.47. The number of rotatable bonds is 1. The Kier molecular flexibility index (Phi) is 2.82. The average Bonchev–Trinajstić information content (AvgIpc) is 3.12. The molecule has 0 saturated heterocycles. The second-order valence-corrected chi connectivity index (χ2v) is 6.50. The summed E-state index contributed by atoms with van der Waals surface area (Å²) in [6.45, 7) is 0. The number of nitrogens with zero attached hydrogens (tertiary/aromatic N) is 5. The van der Waals surface area contributed by atoms with Gasteiger partial charge in [0.15, 0.2) is 11.5 Å². The van der Waals surface area contributed by atoms with Gasteiger partial charge in [0, 0.05) is 22.5 Å². The first-order chi connectivity index (χ1) is 13.4. The van der Waals surface area contributed by atoms with E-state index >= 15 is 0 Å². The summed E-state index contributed by atoms with van der Waals surface area (Å²) < 4.78 is 2.03. The fourth-order valence-corrected chi connectivity index (χ4v) is 3.69. The highest BCUT2D eigenvalue weighted by molar-refractivity contribution is 5.97. The van der Waals surface area contributed by atoms with Crippen molar-refractivity contribution in [2.45, 2.75) is 0 Å². The van der Waals surface area contributed by atoms with Crippen molar-refractivity contribution in [3.63, 3.8) is 0 Å². The van der Waals surface area contributed by atoms with Crippen LogP contribution in [0.2, 0.25) is 0 Å². The molecule has 0 bridgehead atoms. The maximum absolute atomic E-state index is 4.85. The zero-order valence-corrected chi connectivity index (χ0v) is 14.2. The van der Waals surface area contributed by atoms with Crippen molar-refractivity contribution in [1.82, 2.24) is 24.6 Å². The first-order valence-electron chi connectivity index (χ1n) is 8.77. The van der Waals surface area contributed by atoms with Crippen LogP contribution >= 0.6 is 0 Å². The highest BCUT2D eigenvalue weighted by Crippen LogP contribution is 2.34. The highest BCUT2D eigenvalue weighted by atomic mass is 15.2. The molecule has 2 aliphatic rings. The van der Waals surface area contributed by atoms with Crippen molar-refractivity contribution in [2.75, 3.05) is 0 Å². The van der Waals surface area contributed by atoms with Gasteiger partial charge < -0.3 is 0 Å². The van der Waals surface area contributed by atoms with E-state index in [-0.39, 0.29) is 0 Å². The van der Waals surface area contributed by atoms with Crippen LogP contribution in [0.1, 0.15) is 0 Å². The zero-order chi connectivity index (χ0) is 17.8. The van der Waals surface area contributed by atoms with Crippen molar-refractivity contribution in [1.29, 1.82) is 0 Å². The van der Waals surface area contributed by atoms with Crippen molar-refractivity contribution < 1.29 is 0 Å². The highest BCUT2D eigenvalue weighted by Gasteiger charge is 2.21. The third kappa shape index (κ3) is 1.99. The van der Waals surface area contributed by atoms with Gasteiger partial charge in [-0.25, -0.2) is 9.97 Å². The normalized spacial score (nSPS) is 11.7. The molecule has 2 aromatic heterocycles. The topological polar surface area (TPSA) is 56.0 Å². The van der Waals surface area contributed by atoms with Gasteiger partial charge in [-0.05, 0) is 29.8 Å². The molecule has 5 heteroatoms. The molecular formula is C22H13N5. The summed E-state index contributed by atoms with van der Waals surface area (Å²) in [5.74, 6) is 0.780. The Balaban J connectivity index is 1.86. The van der Waals surface area contributed by atoms with Crippen LogP contribution in [0, 0.1) is 0 Å². The molecule has 6 rings (SSSR count). The van der Waals surface area contributed by atoms with Crippen molar-refractivity contribution in [3.8, 4) is 22.6 Å². The summed E-state index contributed by atoms with van der Waals surface area (Å²) >= 11 is 0. The van der Waals surface area contributed by atoms with Crippen molar-refractivity contribution >= 4 is 27.6 Å². The van der Waals surface area contributed by atoms with Gasteiger partial charge in [0.25, 0.3) is 0 Å². The van der Waals surface area contributed by atoms with Crippen LogP contribution in [0.5, 0.6) is 0 Å². The Morgan fingerprint density at radius 3 is 2.52 bits per heavy atom. The molecule has 0 unspecified atom stereocenters. The van der Waals surface area contributed by atoms with Gasteiger partial charge >= 0.3 is 0 Å². The number of hydrogen-bond acceptors (Lipinski definition) is 4. The van der Waals surface area contributed by atoms with E-state index in [4.69, 9.17) is 4.98 Å². The van der Waals surface area contributed by atoms with Crippen LogP contribution in [0.4, 0.5) is 0 Å². The van der Waals surface area contributed by atoms with Crippen molar-refractivity contribution in [2.24, 2.45) is 0 Å². The predicted molar refractivity (Wildman–Crippen MR) is 106 cm³/mol. The van der Waals surface area contributed by atoms with Gasteiger partial charge in [-0.3, -0.25) is 4.40 Å². The summed E-state index contributed by atoms with van der Waals surface area (Å²) in [5.41, 5.74) is 5.39. The molecule has 0 radical (unpaired) electrons. The quantitative estimate of drug-likeness (QED) is 0.408. The van der Waals surface area contributed by atoms with E-state index in [2.05, 4.69) is 39.4 Å². The maximum atomic E-state index is 4.85. The van der Waals surface area contributed by atoms with E-state index in [1.807, 2.05) is 52.9 Å². The SMILES string of the molecule is c1ccc(-c2cc3cccnc3n3c4nc5ccccc5c-4nnc23)cc1. The van der Waals surface area contributed by atoms with Gasteiger partial charge in [-0.1, -0.05) is 48.5 Å². The molecule has 5 nitrogen and oxygen atoms in total. The second-order valence-electron chi connectivity index (χ2n) is 6.50. The average molecular weight is 347 g/mol. The predicted octanol–water partition coefficient (Wildman–Crippen LogP) is 4.60. The molecule has 0 spiro atoms. The Hall–Kier alpha value is -3.86. The lowest BCUT2D eigenvalue weighted by atomic mass is 10.1. The lowest BCUT2D eigenvalue weighted by Crippen LogP contribution is -2.05. The van der Waals surface area contributed by atoms with E-state index in [0.717, 1.165) is 50.2 Å². The first kappa shape index (κ1) is 14.3. The van der Waals surface area contributed by atoms with Gasteiger partial charge in [0.2, 0.25) is 0 Å². The molecular weight excluding hydrogens is 334 g/mol. The lowest BCUT2D eigenvalue weighted by molar-refractivity contribution is 0.976. The largest absolute Gasteiger partial charge is 0.258 e. The molecule has 0 aliphatic carbocycles. The lowest BCUT2D eigenvalue weighted by Gasteiger charge is -2.13. The van der Waals surface area contributed by atoms with Gasteiger partial charge in [0.1, 0.15) is 11.3 Å². The van der Waals surface area contributed by atoms with E-state index in [9.17, 15) is 0 Å². The molecule has 0 N–H and O–H groups in total. The van der Waals surface area contributed by atoms with Crippen LogP contribution in [0.25, 0.3) is 50.2 Å². The van der Waals surface area contributed by atoms with E-state index in [0.29, 0.717) is 0 Å². The van der Waals surface area contributed by atoms with E-state index in [1.54, 1.807) is 6.20 Å². The first-order valence-corrected chi connectivity index (χ1v) is 8.77. The van der Waals surface area contributed by atoms with Crippen LogP contribution in [-0.2, 0) is 0 Å². The molecule has 0 amide bonds.